The maximum atomic E-state index is 11.4. The lowest BCUT2D eigenvalue weighted by Crippen LogP contribution is -2.41. The molecule has 5 heteroatoms. The Hall–Kier alpha value is -0.580. The highest BCUT2D eigenvalue weighted by Crippen LogP contribution is 2.32. The monoisotopic (exact) mass is 217 g/mol. The van der Waals surface area contributed by atoms with Gasteiger partial charge in [-0.05, 0) is 19.3 Å². The summed E-state index contributed by atoms with van der Waals surface area (Å²) in [7, 11) is -2.87. The van der Waals surface area contributed by atoms with E-state index in [-0.39, 0.29) is 23.5 Å². The average Bonchev–Trinajstić information content (AvgIpc) is 2.78. The molecule has 1 heterocycles. The van der Waals surface area contributed by atoms with E-state index in [2.05, 4.69) is 0 Å². The standard InChI is InChI=1S/C9H15NO3S/c1-7(11)10(8-2-3-8)9-4-5-14(12,13)6-9/h8-9H,2-6H2,1H3. The molecule has 0 aromatic carbocycles. The van der Waals surface area contributed by atoms with Crippen LogP contribution in [-0.2, 0) is 14.6 Å². The third-order valence-corrected chi connectivity index (χ3v) is 4.66. The second-order valence-corrected chi connectivity index (χ2v) is 6.44. The van der Waals surface area contributed by atoms with E-state index in [9.17, 15) is 13.2 Å². The lowest BCUT2D eigenvalue weighted by Gasteiger charge is -2.26. The first kappa shape index (κ1) is 9.96. The van der Waals surface area contributed by atoms with Gasteiger partial charge in [0.2, 0.25) is 5.91 Å². The molecule has 1 unspecified atom stereocenters. The summed E-state index contributed by atoms with van der Waals surface area (Å²) in [6.45, 7) is 1.53. The van der Waals surface area contributed by atoms with Crippen molar-refractivity contribution in [2.45, 2.75) is 38.3 Å². The Balaban J connectivity index is 2.09. The van der Waals surface area contributed by atoms with Gasteiger partial charge in [-0.3, -0.25) is 4.79 Å². The van der Waals surface area contributed by atoms with Crippen molar-refractivity contribution in [1.82, 2.24) is 4.90 Å². The minimum absolute atomic E-state index is 0.0228. The van der Waals surface area contributed by atoms with Crippen molar-refractivity contribution in [2.75, 3.05) is 11.5 Å². The smallest absolute Gasteiger partial charge is 0.219 e. The molecule has 2 aliphatic rings. The number of amides is 1. The summed E-state index contributed by atoms with van der Waals surface area (Å²) in [5.74, 6) is 0.437. The maximum absolute atomic E-state index is 11.4. The largest absolute Gasteiger partial charge is 0.336 e. The molecule has 0 N–H and O–H groups in total. The van der Waals surface area contributed by atoms with E-state index in [0.717, 1.165) is 12.8 Å². The van der Waals surface area contributed by atoms with Gasteiger partial charge < -0.3 is 4.90 Å². The molecule has 14 heavy (non-hydrogen) atoms. The summed E-state index contributed by atoms with van der Waals surface area (Å²) in [6, 6.07) is 0.274. The van der Waals surface area contributed by atoms with Crippen LogP contribution in [0.3, 0.4) is 0 Å². The van der Waals surface area contributed by atoms with E-state index >= 15 is 0 Å². The first-order chi connectivity index (χ1) is 6.49. The van der Waals surface area contributed by atoms with Crippen molar-refractivity contribution in [1.29, 1.82) is 0 Å². The molecule has 1 saturated heterocycles. The van der Waals surface area contributed by atoms with Crippen LogP contribution in [0.5, 0.6) is 0 Å². The van der Waals surface area contributed by atoms with Gasteiger partial charge in [0.05, 0.1) is 11.5 Å². The lowest BCUT2D eigenvalue weighted by atomic mass is 10.2. The van der Waals surface area contributed by atoms with Gasteiger partial charge in [-0.25, -0.2) is 8.42 Å². The Bertz CT molecular complexity index is 345. The van der Waals surface area contributed by atoms with Gasteiger partial charge in [-0.15, -0.1) is 0 Å². The summed E-state index contributed by atoms with van der Waals surface area (Å²) < 4.78 is 22.5. The van der Waals surface area contributed by atoms with E-state index in [1.54, 1.807) is 4.90 Å². The molecule has 1 amide bonds. The van der Waals surface area contributed by atoms with Gasteiger partial charge in [0.1, 0.15) is 0 Å². The molecule has 0 aromatic rings. The Morgan fingerprint density at radius 3 is 2.21 bits per heavy atom. The predicted molar refractivity (Wildman–Crippen MR) is 52.6 cm³/mol. The Labute approximate surface area is 84.2 Å². The first-order valence-corrected chi connectivity index (χ1v) is 6.81. The van der Waals surface area contributed by atoms with E-state index < -0.39 is 9.84 Å². The number of nitrogens with zero attached hydrogens (tertiary/aromatic N) is 1. The molecule has 1 atom stereocenters. The van der Waals surface area contributed by atoms with Crippen LogP contribution >= 0.6 is 0 Å². The zero-order valence-electron chi connectivity index (χ0n) is 8.27. The molecule has 1 aliphatic carbocycles. The molecule has 1 saturated carbocycles. The van der Waals surface area contributed by atoms with Gasteiger partial charge in [-0.2, -0.15) is 0 Å². The van der Waals surface area contributed by atoms with E-state index in [4.69, 9.17) is 0 Å². The van der Waals surface area contributed by atoms with Crippen LogP contribution in [0.15, 0.2) is 0 Å². The van der Waals surface area contributed by atoms with Crippen LogP contribution in [0.2, 0.25) is 0 Å². The van der Waals surface area contributed by atoms with Crippen LogP contribution in [0.1, 0.15) is 26.2 Å². The maximum Gasteiger partial charge on any atom is 0.219 e. The molecule has 2 fully saturated rings. The molecule has 4 nitrogen and oxygen atoms in total. The summed E-state index contributed by atoms with van der Waals surface area (Å²) in [5, 5.41) is 0. The minimum Gasteiger partial charge on any atom is -0.336 e. The number of rotatable bonds is 2. The van der Waals surface area contributed by atoms with Crippen LogP contribution in [0.4, 0.5) is 0 Å². The third-order valence-electron chi connectivity index (χ3n) is 2.91. The molecular weight excluding hydrogens is 202 g/mol. The van der Waals surface area contributed by atoms with Crippen LogP contribution < -0.4 is 0 Å². The van der Waals surface area contributed by atoms with Crippen molar-refractivity contribution in [3.63, 3.8) is 0 Å². The normalized spacial score (nSPS) is 30.2. The SMILES string of the molecule is CC(=O)N(C1CC1)C1CCS(=O)(=O)C1. The Kier molecular flexibility index (Phi) is 2.29. The summed E-state index contributed by atoms with van der Waals surface area (Å²) in [4.78, 5) is 13.1. The molecular formula is C9H15NO3S. The molecule has 0 aromatic heterocycles. The van der Waals surface area contributed by atoms with Crippen LogP contribution in [0, 0.1) is 0 Å². The summed E-state index contributed by atoms with van der Waals surface area (Å²) in [6.07, 6.45) is 2.70. The van der Waals surface area contributed by atoms with Gasteiger partial charge in [0, 0.05) is 19.0 Å². The van der Waals surface area contributed by atoms with E-state index in [1.807, 2.05) is 0 Å². The predicted octanol–water partition coefficient (Wildman–Crippen LogP) is 0.184. The van der Waals surface area contributed by atoms with Gasteiger partial charge >= 0.3 is 0 Å². The number of carbonyl (C=O) groups excluding carboxylic acids is 1. The van der Waals surface area contributed by atoms with Gasteiger partial charge in [0.25, 0.3) is 0 Å². The number of hydrogen-bond donors (Lipinski definition) is 0. The van der Waals surface area contributed by atoms with Crippen molar-refractivity contribution in [3.05, 3.63) is 0 Å². The van der Waals surface area contributed by atoms with Crippen molar-refractivity contribution in [3.8, 4) is 0 Å². The fraction of sp³-hybridized carbons (Fsp3) is 0.889. The molecule has 0 radical (unpaired) electrons. The Morgan fingerprint density at radius 1 is 1.21 bits per heavy atom. The Morgan fingerprint density at radius 2 is 1.86 bits per heavy atom. The summed E-state index contributed by atoms with van der Waals surface area (Å²) >= 11 is 0. The van der Waals surface area contributed by atoms with E-state index in [0.29, 0.717) is 12.5 Å². The minimum atomic E-state index is -2.87. The molecule has 1 aliphatic heterocycles. The molecule has 2 rings (SSSR count). The van der Waals surface area contributed by atoms with E-state index in [1.165, 1.54) is 6.92 Å². The van der Waals surface area contributed by atoms with Crippen molar-refractivity contribution in [2.24, 2.45) is 0 Å². The fourth-order valence-electron chi connectivity index (χ4n) is 2.16. The number of carbonyl (C=O) groups is 1. The highest BCUT2D eigenvalue weighted by atomic mass is 32.2. The van der Waals surface area contributed by atoms with Gasteiger partial charge in [-0.1, -0.05) is 0 Å². The quantitative estimate of drug-likeness (QED) is 0.663. The van der Waals surface area contributed by atoms with Crippen molar-refractivity contribution < 1.29 is 13.2 Å². The number of hydrogen-bond acceptors (Lipinski definition) is 3. The highest BCUT2D eigenvalue weighted by molar-refractivity contribution is 7.91. The third kappa shape index (κ3) is 1.92. The fourth-order valence-corrected chi connectivity index (χ4v) is 3.87. The van der Waals surface area contributed by atoms with Crippen LogP contribution in [0.25, 0.3) is 0 Å². The lowest BCUT2D eigenvalue weighted by molar-refractivity contribution is -0.131. The molecule has 0 bridgehead atoms. The number of sulfone groups is 1. The zero-order valence-corrected chi connectivity index (χ0v) is 9.09. The molecule has 80 valence electrons. The first-order valence-electron chi connectivity index (χ1n) is 4.99. The van der Waals surface area contributed by atoms with Crippen molar-refractivity contribution >= 4 is 15.7 Å². The topological polar surface area (TPSA) is 54.5 Å². The average molecular weight is 217 g/mol. The summed E-state index contributed by atoms with van der Waals surface area (Å²) in [5.41, 5.74) is 0. The molecule has 0 spiro atoms. The zero-order chi connectivity index (χ0) is 10.3. The highest BCUT2D eigenvalue weighted by Gasteiger charge is 2.40. The van der Waals surface area contributed by atoms with Crippen LogP contribution in [-0.4, -0.2) is 42.8 Å². The van der Waals surface area contributed by atoms with Gasteiger partial charge in [0.15, 0.2) is 9.84 Å². The second kappa shape index (κ2) is 3.22. The second-order valence-electron chi connectivity index (χ2n) is 4.21.